The minimum atomic E-state index is -3.13. The highest BCUT2D eigenvalue weighted by atomic mass is 32.2. The molecule has 1 fully saturated rings. The molecule has 7 nitrogen and oxygen atoms in total. The number of amides is 1. The first-order valence-corrected chi connectivity index (χ1v) is 11.4. The number of hydrogen-bond donors (Lipinski definition) is 1. The van der Waals surface area contributed by atoms with E-state index in [4.69, 9.17) is 4.74 Å². The number of likely N-dealkylation sites (N-methyl/N-ethyl adjacent to an activating group) is 1. The molecule has 0 saturated carbocycles. The molecule has 1 N–H and O–H groups in total. The number of anilines is 2. The van der Waals surface area contributed by atoms with Gasteiger partial charge in [-0.05, 0) is 49.7 Å². The topological polar surface area (TPSA) is 92.8 Å². The standard InChI is InChI=1S/C21H23FN2O5S/c1-2-24(17-11-12-30(27,28)14-17)20(25)13-29-21(26)18-5-3-4-6-19(18)23-16-9-7-15(22)8-10-16/h3-10,17,23H,2,11-14H2,1H3/t17-/m1/s1. The summed E-state index contributed by atoms with van der Waals surface area (Å²) in [4.78, 5) is 26.5. The summed E-state index contributed by atoms with van der Waals surface area (Å²) < 4.78 is 41.7. The van der Waals surface area contributed by atoms with Crippen LogP contribution in [-0.2, 0) is 19.4 Å². The van der Waals surface area contributed by atoms with Crippen LogP contribution >= 0.6 is 0 Å². The Labute approximate surface area is 174 Å². The maximum Gasteiger partial charge on any atom is 0.340 e. The highest BCUT2D eigenvalue weighted by molar-refractivity contribution is 7.91. The SMILES string of the molecule is CCN(C(=O)COC(=O)c1ccccc1Nc1ccc(F)cc1)[C@@H]1CCS(=O)(=O)C1. The van der Waals surface area contributed by atoms with Crippen LogP contribution in [0.4, 0.5) is 15.8 Å². The third-order valence-corrected chi connectivity index (χ3v) is 6.66. The van der Waals surface area contributed by atoms with Gasteiger partial charge in [0, 0.05) is 18.3 Å². The van der Waals surface area contributed by atoms with Crippen LogP contribution in [0.5, 0.6) is 0 Å². The van der Waals surface area contributed by atoms with Gasteiger partial charge in [0.05, 0.1) is 22.8 Å². The average molecular weight is 434 g/mol. The zero-order chi connectivity index (χ0) is 21.7. The van der Waals surface area contributed by atoms with E-state index in [1.54, 1.807) is 31.2 Å². The second-order valence-corrected chi connectivity index (χ2v) is 9.22. The smallest absolute Gasteiger partial charge is 0.340 e. The van der Waals surface area contributed by atoms with E-state index < -0.39 is 34.4 Å². The number of hydrogen-bond acceptors (Lipinski definition) is 6. The van der Waals surface area contributed by atoms with Crippen molar-refractivity contribution in [3.05, 3.63) is 59.9 Å². The summed E-state index contributed by atoms with van der Waals surface area (Å²) in [6.45, 7) is 1.61. The molecule has 1 aliphatic rings. The monoisotopic (exact) mass is 434 g/mol. The third-order valence-electron chi connectivity index (χ3n) is 4.91. The van der Waals surface area contributed by atoms with Crippen LogP contribution in [0.15, 0.2) is 48.5 Å². The summed E-state index contributed by atoms with van der Waals surface area (Å²) in [6.07, 6.45) is 0.389. The lowest BCUT2D eigenvalue weighted by Crippen LogP contribution is -2.43. The molecule has 9 heteroatoms. The van der Waals surface area contributed by atoms with Gasteiger partial charge in [0.15, 0.2) is 16.4 Å². The first-order chi connectivity index (χ1) is 14.3. The van der Waals surface area contributed by atoms with Crippen LogP contribution in [0.2, 0.25) is 0 Å². The van der Waals surface area contributed by atoms with Crippen molar-refractivity contribution < 1.29 is 27.1 Å². The van der Waals surface area contributed by atoms with Gasteiger partial charge in [-0.3, -0.25) is 4.79 Å². The summed E-state index contributed by atoms with van der Waals surface area (Å²) in [5.74, 6) is -1.50. The molecule has 30 heavy (non-hydrogen) atoms. The molecule has 160 valence electrons. The fourth-order valence-corrected chi connectivity index (χ4v) is 5.14. The van der Waals surface area contributed by atoms with E-state index >= 15 is 0 Å². The molecule has 3 rings (SSSR count). The summed E-state index contributed by atoms with van der Waals surface area (Å²) in [5.41, 5.74) is 1.27. The van der Waals surface area contributed by atoms with Gasteiger partial charge < -0.3 is 15.0 Å². The quantitative estimate of drug-likeness (QED) is 0.674. The summed E-state index contributed by atoms with van der Waals surface area (Å²) in [5, 5.41) is 3.03. The summed E-state index contributed by atoms with van der Waals surface area (Å²) in [7, 11) is -3.13. The highest BCUT2D eigenvalue weighted by Gasteiger charge is 2.34. The minimum absolute atomic E-state index is 0.0592. The van der Waals surface area contributed by atoms with Crippen LogP contribution in [0.25, 0.3) is 0 Å². The molecule has 2 aromatic rings. The number of carbonyl (C=O) groups is 2. The van der Waals surface area contributed by atoms with E-state index in [2.05, 4.69) is 5.32 Å². The van der Waals surface area contributed by atoms with Gasteiger partial charge in [0.1, 0.15) is 5.82 Å². The van der Waals surface area contributed by atoms with E-state index in [-0.39, 0.29) is 22.9 Å². The lowest BCUT2D eigenvalue weighted by atomic mass is 10.1. The van der Waals surface area contributed by atoms with E-state index in [0.717, 1.165) is 0 Å². The molecule has 1 aliphatic heterocycles. The maximum atomic E-state index is 13.1. The van der Waals surface area contributed by atoms with Crippen LogP contribution in [0.3, 0.4) is 0 Å². The van der Waals surface area contributed by atoms with Crippen molar-refractivity contribution in [1.29, 1.82) is 0 Å². The Hall–Kier alpha value is -2.94. The molecule has 2 aromatic carbocycles. The molecule has 0 radical (unpaired) electrons. The first-order valence-electron chi connectivity index (χ1n) is 9.57. The van der Waals surface area contributed by atoms with Gasteiger partial charge >= 0.3 is 5.97 Å². The Morgan fingerprint density at radius 3 is 2.50 bits per heavy atom. The second-order valence-electron chi connectivity index (χ2n) is 6.99. The van der Waals surface area contributed by atoms with E-state index in [1.807, 2.05) is 0 Å². The number of rotatable bonds is 7. The number of halogens is 1. The predicted octanol–water partition coefficient (Wildman–Crippen LogP) is 2.76. The molecular formula is C21H23FN2O5S. The van der Waals surface area contributed by atoms with E-state index in [0.29, 0.717) is 24.3 Å². The Morgan fingerprint density at radius 1 is 1.17 bits per heavy atom. The summed E-state index contributed by atoms with van der Waals surface area (Å²) >= 11 is 0. The fourth-order valence-electron chi connectivity index (χ4n) is 3.41. The third kappa shape index (κ3) is 5.35. The number of nitrogens with zero attached hydrogens (tertiary/aromatic N) is 1. The lowest BCUT2D eigenvalue weighted by molar-refractivity contribution is -0.136. The van der Waals surface area contributed by atoms with Crippen LogP contribution in [0.1, 0.15) is 23.7 Å². The lowest BCUT2D eigenvalue weighted by Gasteiger charge is -2.26. The van der Waals surface area contributed by atoms with E-state index in [1.165, 1.54) is 29.2 Å². The Bertz CT molecular complexity index is 1020. The Balaban J connectivity index is 1.64. The molecule has 1 heterocycles. The number of benzene rings is 2. The Morgan fingerprint density at radius 2 is 1.87 bits per heavy atom. The number of carbonyl (C=O) groups excluding carboxylic acids is 2. The molecule has 1 amide bonds. The predicted molar refractivity (Wildman–Crippen MR) is 111 cm³/mol. The molecule has 0 aliphatic carbocycles. The minimum Gasteiger partial charge on any atom is -0.452 e. The first kappa shape index (κ1) is 21.8. The molecule has 0 unspecified atom stereocenters. The number of nitrogens with one attached hydrogen (secondary N) is 1. The van der Waals surface area contributed by atoms with Crippen molar-refractivity contribution in [2.45, 2.75) is 19.4 Å². The largest absolute Gasteiger partial charge is 0.452 e. The molecule has 0 bridgehead atoms. The van der Waals surface area contributed by atoms with Gasteiger partial charge in [-0.15, -0.1) is 0 Å². The number of ether oxygens (including phenoxy) is 1. The van der Waals surface area contributed by atoms with Gasteiger partial charge in [-0.2, -0.15) is 0 Å². The van der Waals surface area contributed by atoms with Crippen LogP contribution < -0.4 is 5.32 Å². The zero-order valence-electron chi connectivity index (χ0n) is 16.5. The van der Waals surface area contributed by atoms with Crippen LogP contribution in [-0.4, -0.2) is 55.9 Å². The maximum absolute atomic E-state index is 13.1. The zero-order valence-corrected chi connectivity index (χ0v) is 17.3. The normalized spacial score (nSPS) is 17.3. The van der Waals surface area contributed by atoms with Crippen molar-refractivity contribution in [1.82, 2.24) is 4.90 Å². The van der Waals surface area contributed by atoms with Gasteiger partial charge in [-0.25, -0.2) is 17.6 Å². The van der Waals surface area contributed by atoms with Crippen molar-refractivity contribution in [2.75, 3.05) is 30.0 Å². The average Bonchev–Trinajstić information content (AvgIpc) is 3.08. The van der Waals surface area contributed by atoms with Gasteiger partial charge in [0.25, 0.3) is 5.91 Å². The van der Waals surface area contributed by atoms with Gasteiger partial charge in [0.2, 0.25) is 0 Å². The van der Waals surface area contributed by atoms with Crippen molar-refractivity contribution in [3.8, 4) is 0 Å². The second kappa shape index (κ2) is 9.25. The molecule has 1 saturated heterocycles. The van der Waals surface area contributed by atoms with Crippen molar-refractivity contribution in [3.63, 3.8) is 0 Å². The summed E-state index contributed by atoms with van der Waals surface area (Å²) in [6, 6.07) is 11.9. The van der Waals surface area contributed by atoms with Crippen molar-refractivity contribution >= 4 is 33.1 Å². The number of para-hydroxylation sites is 1. The van der Waals surface area contributed by atoms with Gasteiger partial charge in [-0.1, -0.05) is 12.1 Å². The molecular weight excluding hydrogens is 411 g/mol. The number of esters is 1. The molecule has 1 atom stereocenters. The molecule has 0 aromatic heterocycles. The fraction of sp³-hybridized carbons (Fsp3) is 0.333. The Kier molecular flexibility index (Phi) is 6.71. The molecule has 0 spiro atoms. The van der Waals surface area contributed by atoms with Crippen molar-refractivity contribution in [2.24, 2.45) is 0 Å². The number of sulfone groups is 1. The van der Waals surface area contributed by atoms with Crippen LogP contribution in [0, 0.1) is 5.82 Å². The van der Waals surface area contributed by atoms with E-state index in [9.17, 15) is 22.4 Å². The highest BCUT2D eigenvalue weighted by Crippen LogP contribution is 2.22.